The Morgan fingerprint density at radius 2 is 1.68 bits per heavy atom. The van der Waals surface area contributed by atoms with Gasteiger partial charge in [0.05, 0.1) is 14.2 Å². The van der Waals surface area contributed by atoms with Crippen molar-refractivity contribution in [2.75, 3.05) is 19.5 Å². The first kappa shape index (κ1) is 20.6. The number of esters is 2. The van der Waals surface area contributed by atoms with Crippen molar-refractivity contribution in [3.05, 3.63) is 41.2 Å². The van der Waals surface area contributed by atoms with Crippen molar-refractivity contribution in [3.63, 3.8) is 0 Å². The molecule has 0 unspecified atom stereocenters. The number of amides is 3. The van der Waals surface area contributed by atoms with E-state index in [9.17, 15) is 19.2 Å². The molecule has 0 atom stereocenters. The summed E-state index contributed by atoms with van der Waals surface area (Å²) in [4.78, 5) is 47.6. The van der Waals surface area contributed by atoms with Gasteiger partial charge in [0.15, 0.2) is 5.69 Å². The molecule has 2 aromatic rings. The Morgan fingerprint density at radius 3 is 2.25 bits per heavy atom. The summed E-state index contributed by atoms with van der Waals surface area (Å²) < 4.78 is 9.93. The van der Waals surface area contributed by atoms with Crippen LogP contribution in [0.4, 0.5) is 10.5 Å². The fourth-order valence-corrected chi connectivity index (χ4v) is 2.24. The fraction of sp³-hybridized carbons (Fsp3) is 0.294. The molecule has 0 fully saturated rings. The first-order valence-corrected chi connectivity index (χ1v) is 8.19. The molecule has 0 aliphatic heterocycles. The van der Waals surface area contributed by atoms with Crippen LogP contribution in [0.15, 0.2) is 24.3 Å². The van der Waals surface area contributed by atoms with Crippen LogP contribution in [-0.2, 0) is 27.2 Å². The summed E-state index contributed by atoms with van der Waals surface area (Å²) in [6.07, 6.45) is 0.860. The number of imide groups is 1. The Hall–Kier alpha value is -3.76. The van der Waals surface area contributed by atoms with E-state index in [1.165, 1.54) is 0 Å². The summed E-state index contributed by atoms with van der Waals surface area (Å²) in [6.45, 7) is 1.46. The molecule has 0 radical (unpaired) electrons. The zero-order valence-electron chi connectivity index (χ0n) is 15.5. The molecule has 2 rings (SSSR count). The van der Waals surface area contributed by atoms with Crippen molar-refractivity contribution < 1.29 is 28.7 Å². The molecule has 11 heteroatoms. The second-order valence-corrected chi connectivity index (χ2v) is 5.48. The third-order valence-electron chi connectivity index (χ3n) is 3.66. The maximum Gasteiger partial charge on any atom is 0.361 e. The number of carbonyl (C=O) groups is 4. The predicted octanol–water partition coefficient (Wildman–Crippen LogP) is 0.762. The molecule has 2 N–H and O–H groups in total. The minimum absolute atomic E-state index is 0.361. The second kappa shape index (κ2) is 9.26. The van der Waals surface area contributed by atoms with Crippen LogP contribution in [-0.4, -0.2) is 53.1 Å². The average molecular weight is 389 g/mol. The highest BCUT2D eigenvalue weighted by molar-refractivity contribution is 6.02. The maximum atomic E-state index is 12.1. The molecule has 0 aliphatic carbocycles. The van der Waals surface area contributed by atoms with E-state index < -0.39 is 36.1 Å². The number of hydrogen-bond donors (Lipinski definition) is 2. The van der Waals surface area contributed by atoms with Crippen molar-refractivity contribution in [1.82, 2.24) is 20.3 Å². The van der Waals surface area contributed by atoms with Crippen molar-refractivity contribution in [1.29, 1.82) is 0 Å². The van der Waals surface area contributed by atoms with Crippen molar-refractivity contribution in [3.8, 4) is 0 Å². The van der Waals surface area contributed by atoms with Crippen LogP contribution in [0.5, 0.6) is 0 Å². The lowest BCUT2D eigenvalue weighted by molar-refractivity contribution is -0.120. The van der Waals surface area contributed by atoms with Gasteiger partial charge < -0.3 is 14.8 Å². The largest absolute Gasteiger partial charge is 0.464 e. The third-order valence-corrected chi connectivity index (χ3v) is 3.66. The summed E-state index contributed by atoms with van der Waals surface area (Å²) >= 11 is 0. The second-order valence-electron chi connectivity index (χ2n) is 5.48. The minimum atomic E-state index is -0.932. The van der Waals surface area contributed by atoms with E-state index in [1.807, 2.05) is 19.1 Å². The predicted molar refractivity (Wildman–Crippen MR) is 95.7 cm³/mol. The Kier molecular flexibility index (Phi) is 6.79. The molecule has 11 nitrogen and oxygen atoms in total. The number of methoxy groups -OCH3 is 2. The number of anilines is 1. The summed E-state index contributed by atoms with van der Waals surface area (Å²) in [5, 5.41) is 11.7. The van der Waals surface area contributed by atoms with E-state index in [-0.39, 0.29) is 5.69 Å². The molecule has 28 heavy (non-hydrogen) atoms. The topological polar surface area (TPSA) is 142 Å². The Bertz CT molecular complexity index is 890. The number of nitrogens with one attached hydrogen (secondary N) is 2. The van der Waals surface area contributed by atoms with Gasteiger partial charge in [0.1, 0.15) is 6.54 Å². The summed E-state index contributed by atoms with van der Waals surface area (Å²) in [5.74, 6) is -2.63. The molecule has 0 saturated heterocycles. The van der Waals surface area contributed by atoms with Crippen LogP contribution in [0.1, 0.15) is 33.5 Å². The smallest absolute Gasteiger partial charge is 0.361 e. The summed E-state index contributed by atoms with van der Waals surface area (Å²) in [5.41, 5.74) is 0.846. The van der Waals surface area contributed by atoms with Crippen LogP contribution in [0.3, 0.4) is 0 Å². The maximum absolute atomic E-state index is 12.1. The monoisotopic (exact) mass is 389 g/mol. The van der Waals surface area contributed by atoms with Gasteiger partial charge in [-0.1, -0.05) is 24.3 Å². The summed E-state index contributed by atoms with van der Waals surface area (Å²) in [7, 11) is 2.20. The average Bonchev–Trinajstić information content (AvgIpc) is 3.10. The van der Waals surface area contributed by atoms with Crippen molar-refractivity contribution in [2.45, 2.75) is 19.9 Å². The van der Waals surface area contributed by atoms with E-state index in [1.54, 1.807) is 12.1 Å². The Balaban J connectivity index is 2.05. The van der Waals surface area contributed by atoms with E-state index in [4.69, 9.17) is 0 Å². The highest BCUT2D eigenvalue weighted by atomic mass is 16.5. The first-order chi connectivity index (χ1) is 13.4. The Labute approximate surface area is 160 Å². The van der Waals surface area contributed by atoms with Crippen LogP contribution in [0.2, 0.25) is 0 Å². The standard InChI is InChI=1S/C17H19N5O6/c1-4-10-5-7-11(8-6-10)18-17(26)19-12(23)9-22-14(16(25)28-3)13(20-21-22)15(24)27-2/h5-8H,4,9H2,1-3H3,(H2,18,19,23,26). The number of benzene rings is 1. The van der Waals surface area contributed by atoms with Gasteiger partial charge in [0.2, 0.25) is 11.6 Å². The van der Waals surface area contributed by atoms with E-state index in [0.717, 1.165) is 30.9 Å². The van der Waals surface area contributed by atoms with Gasteiger partial charge in [-0.05, 0) is 24.1 Å². The number of rotatable bonds is 6. The molecule has 0 spiro atoms. The highest BCUT2D eigenvalue weighted by Gasteiger charge is 2.28. The fourth-order valence-electron chi connectivity index (χ4n) is 2.24. The quantitative estimate of drug-likeness (QED) is 0.690. The number of ether oxygens (including phenoxy) is 2. The molecule has 1 aromatic carbocycles. The van der Waals surface area contributed by atoms with Crippen LogP contribution in [0, 0.1) is 0 Å². The van der Waals surface area contributed by atoms with Gasteiger partial charge >= 0.3 is 18.0 Å². The molecule has 1 heterocycles. The van der Waals surface area contributed by atoms with Crippen molar-refractivity contribution >= 4 is 29.6 Å². The van der Waals surface area contributed by atoms with Crippen LogP contribution >= 0.6 is 0 Å². The normalized spacial score (nSPS) is 10.1. The summed E-state index contributed by atoms with van der Waals surface area (Å²) in [6, 6.07) is 6.35. The molecule has 0 aliphatic rings. The van der Waals surface area contributed by atoms with Crippen LogP contribution < -0.4 is 10.6 Å². The molecule has 148 valence electrons. The highest BCUT2D eigenvalue weighted by Crippen LogP contribution is 2.10. The number of aromatic nitrogens is 3. The van der Waals surface area contributed by atoms with Gasteiger partial charge in [0, 0.05) is 5.69 Å². The molecular weight excluding hydrogens is 370 g/mol. The third kappa shape index (κ3) is 4.90. The SMILES string of the molecule is CCc1ccc(NC(=O)NC(=O)Cn2nnc(C(=O)OC)c2C(=O)OC)cc1. The molecular formula is C17H19N5O6. The number of urea groups is 1. The molecule has 0 bridgehead atoms. The number of hydrogen-bond acceptors (Lipinski definition) is 8. The lowest BCUT2D eigenvalue weighted by atomic mass is 10.1. The Morgan fingerprint density at radius 1 is 1.04 bits per heavy atom. The minimum Gasteiger partial charge on any atom is -0.464 e. The van der Waals surface area contributed by atoms with Crippen molar-refractivity contribution in [2.24, 2.45) is 0 Å². The lowest BCUT2D eigenvalue weighted by Gasteiger charge is -2.08. The molecule has 1 aromatic heterocycles. The lowest BCUT2D eigenvalue weighted by Crippen LogP contribution is -2.37. The van der Waals surface area contributed by atoms with E-state index >= 15 is 0 Å². The molecule has 0 saturated carbocycles. The number of aryl methyl sites for hydroxylation is 1. The molecule has 3 amide bonds. The number of nitrogens with zero attached hydrogens (tertiary/aromatic N) is 3. The van der Waals surface area contributed by atoms with E-state index in [2.05, 4.69) is 30.4 Å². The van der Waals surface area contributed by atoms with Gasteiger partial charge in [-0.2, -0.15) is 0 Å². The first-order valence-electron chi connectivity index (χ1n) is 8.19. The van der Waals surface area contributed by atoms with Gasteiger partial charge in [-0.25, -0.2) is 19.1 Å². The van der Waals surface area contributed by atoms with E-state index in [0.29, 0.717) is 5.69 Å². The van der Waals surface area contributed by atoms with Gasteiger partial charge in [-0.15, -0.1) is 5.10 Å². The zero-order chi connectivity index (χ0) is 20.7. The number of carbonyl (C=O) groups excluding carboxylic acids is 4. The zero-order valence-corrected chi connectivity index (χ0v) is 15.5. The van der Waals surface area contributed by atoms with Gasteiger partial charge in [0.25, 0.3) is 0 Å². The van der Waals surface area contributed by atoms with Crippen LogP contribution in [0.25, 0.3) is 0 Å². The van der Waals surface area contributed by atoms with Gasteiger partial charge in [-0.3, -0.25) is 10.1 Å².